The predicted octanol–water partition coefficient (Wildman–Crippen LogP) is -0.300. The van der Waals surface area contributed by atoms with E-state index in [0.29, 0.717) is 12.4 Å². The first-order chi connectivity index (χ1) is 5.29. The van der Waals surface area contributed by atoms with Gasteiger partial charge in [0.05, 0.1) is 0 Å². The maximum absolute atomic E-state index is 11.1. The average Bonchev–Trinajstić information content (AvgIpc) is 2.34. The highest BCUT2D eigenvalue weighted by atomic mass is 16.2. The van der Waals surface area contributed by atoms with Gasteiger partial charge in [0.1, 0.15) is 11.6 Å². The summed E-state index contributed by atoms with van der Waals surface area (Å²) in [5.74, 6) is 1.41. The van der Waals surface area contributed by atoms with Crippen molar-refractivity contribution in [3.8, 4) is 0 Å². The zero-order valence-electron chi connectivity index (χ0n) is 6.16. The zero-order chi connectivity index (χ0) is 7.84. The standard InChI is InChI=1S/C6H8N4O/c1-4-8-9-5-2-3-7-6(11)10(4)5/h2-3H2,1H3,(H,7,11). The maximum atomic E-state index is 11.1. The SMILES string of the molecule is Cc1nnc2n1C(=O)NCC2. The van der Waals surface area contributed by atoms with Crippen LogP contribution in [0.4, 0.5) is 4.79 Å². The number of carbonyl (C=O) groups is 1. The van der Waals surface area contributed by atoms with Gasteiger partial charge in [-0.2, -0.15) is 0 Å². The molecule has 2 heterocycles. The summed E-state index contributed by atoms with van der Waals surface area (Å²) >= 11 is 0. The van der Waals surface area contributed by atoms with Crippen LogP contribution in [0.5, 0.6) is 0 Å². The van der Waals surface area contributed by atoms with Crippen LogP contribution in [0, 0.1) is 6.92 Å². The number of fused-ring (bicyclic) bond motifs is 1. The van der Waals surface area contributed by atoms with Crippen molar-refractivity contribution >= 4 is 6.03 Å². The van der Waals surface area contributed by atoms with Crippen LogP contribution in [0.2, 0.25) is 0 Å². The van der Waals surface area contributed by atoms with Gasteiger partial charge < -0.3 is 5.32 Å². The summed E-state index contributed by atoms with van der Waals surface area (Å²) in [6, 6.07) is -0.117. The van der Waals surface area contributed by atoms with E-state index >= 15 is 0 Å². The molecule has 0 unspecified atom stereocenters. The van der Waals surface area contributed by atoms with Gasteiger partial charge in [0.2, 0.25) is 0 Å². The summed E-state index contributed by atoms with van der Waals surface area (Å²) in [7, 11) is 0. The van der Waals surface area contributed by atoms with E-state index in [4.69, 9.17) is 0 Å². The van der Waals surface area contributed by atoms with Gasteiger partial charge in [-0.05, 0) is 6.92 Å². The van der Waals surface area contributed by atoms with E-state index in [1.165, 1.54) is 4.57 Å². The minimum Gasteiger partial charge on any atom is -0.337 e. The fourth-order valence-electron chi connectivity index (χ4n) is 1.19. The quantitative estimate of drug-likeness (QED) is 0.555. The molecule has 1 N–H and O–H groups in total. The lowest BCUT2D eigenvalue weighted by Gasteiger charge is -2.13. The molecule has 0 aromatic carbocycles. The van der Waals surface area contributed by atoms with E-state index in [1.54, 1.807) is 6.92 Å². The first kappa shape index (κ1) is 6.33. The molecule has 5 heteroatoms. The van der Waals surface area contributed by atoms with Crippen LogP contribution >= 0.6 is 0 Å². The van der Waals surface area contributed by atoms with E-state index in [-0.39, 0.29) is 6.03 Å². The van der Waals surface area contributed by atoms with Gasteiger partial charge in [-0.15, -0.1) is 10.2 Å². The molecule has 1 aliphatic rings. The monoisotopic (exact) mass is 152 g/mol. The van der Waals surface area contributed by atoms with E-state index in [2.05, 4.69) is 15.5 Å². The summed E-state index contributed by atoms with van der Waals surface area (Å²) in [6.07, 6.45) is 0.770. The van der Waals surface area contributed by atoms with Crippen molar-refractivity contribution in [2.75, 3.05) is 6.54 Å². The van der Waals surface area contributed by atoms with Crippen LogP contribution in [-0.2, 0) is 6.42 Å². The Balaban J connectivity index is 2.56. The van der Waals surface area contributed by atoms with Crippen LogP contribution in [0.3, 0.4) is 0 Å². The highest BCUT2D eigenvalue weighted by Crippen LogP contribution is 2.04. The molecule has 11 heavy (non-hydrogen) atoms. The lowest BCUT2D eigenvalue weighted by Crippen LogP contribution is -2.37. The minimum atomic E-state index is -0.117. The molecule has 58 valence electrons. The molecule has 5 nitrogen and oxygen atoms in total. The van der Waals surface area contributed by atoms with Crippen molar-refractivity contribution in [2.45, 2.75) is 13.3 Å². The van der Waals surface area contributed by atoms with Gasteiger partial charge in [-0.3, -0.25) is 0 Å². The number of amides is 1. The summed E-state index contributed by atoms with van der Waals surface area (Å²) < 4.78 is 1.50. The van der Waals surface area contributed by atoms with Crippen molar-refractivity contribution in [2.24, 2.45) is 0 Å². The second-order valence-electron chi connectivity index (χ2n) is 2.48. The number of hydrogen-bond acceptors (Lipinski definition) is 3. The third-order valence-electron chi connectivity index (χ3n) is 1.72. The fraction of sp³-hybridized carbons (Fsp3) is 0.500. The maximum Gasteiger partial charge on any atom is 0.328 e. The largest absolute Gasteiger partial charge is 0.337 e. The normalized spacial score (nSPS) is 15.9. The second kappa shape index (κ2) is 2.05. The Hall–Kier alpha value is -1.39. The van der Waals surface area contributed by atoms with Crippen LogP contribution < -0.4 is 5.32 Å². The van der Waals surface area contributed by atoms with Crippen molar-refractivity contribution in [3.63, 3.8) is 0 Å². The van der Waals surface area contributed by atoms with Gasteiger partial charge in [0, 0.05) is 13.0 Å². The Morgan fingerprint density at radius 1 is 1.55 bits per heavy atom. The lowest BCUT2D eigenvalue weighted by molar-refractivity contribution is 0.238. The van der Waals surface area contributed by atoms with Gasteiger partial charge in [-0.25, -0.2) is 9.36 Å². The first-order valence-corrected chi connectivity index (χ1v) is 3.48. The number of nitrogens with zero attached hydrogens (tertiary/aromatic N) is 3. The van der Waals surface area contributed by atoms with Crippen molar-refractivity contribution < 1.29 is 4.79 Å². The molecular weight excluding hydrogens is 144 g/mol. The van der Waals surface area contributed by atoms with Crippen molar-refractivity contribution in [1.82, 2.24) is 20.1 Å². The number of nitrogens with one attached hydrogen (secondary N) is 1. The van der Waals surface area contributed by atoms with Crippen molar-refractivity contribution in [1.29, 1.82) is 0 Å². The van der Waals surface area contributed by atoms with E-state index < -0.39 is 0 Å². The number of aromatic nitrogens is 3. The molecule has 0 radical (unpaired) electrons. The molecule has 0 spiro atoms. The van der Waals surface area contributed by atoms with Crippen LogP contribution in [0.15, 0.2) is 0 Å². The lowest BCUT2D eigenvalue weighted by atomic mass is 10.3. The van der Waals surface area contributed by atoms with Crippen LogP contribution in [0.25, 0.3) is 0 Å². The summed E-state index contributed by atoms with van der Waals surface area (Å²) in [5, 5.41) is 10.4. The summed E-state index contributed by atoms with van der Waals surface area (Å²) in [6.45, 7) is 2.43. The molecule has 1 aliphatic heterocycles. The number of carbonyl (C=O) groups excluding carboxylic acids is 1. The molecule has 2 rings (SSSR count). The molecule has 1 amide bonds. The second-order valence-corrected chi connectivity index (χ2v) is 2.48. The first-order valence-electron chi connectivity index (χ1n) is 3.48. The van der Waals surface area contributed by atoms with E-state index in [9.17, 15) is 4.79 Å². The predicted molar refractivity (Wildman–Crippen MR) is 37.3 cm³/mol. The van der Waals surface area contributed by atoms with E-state index in [1.807, 2.05) is 0 Å². The molecule has 0 bridgehead atoms. The van der Waals surface area contributed by atoms with Crippen molar-refractivity contribution in [3.05, 3.63) is 11.6 Å². The smallest absolute Gasteiger partial charge is 0.328 e. The molecule has 1 aromatic rings. The Kier molecular flexibility index (Phi) is 1.18. The highest BCUT2D eigenvalue weighted by molar-refractivity contribution is 5.78. The highest BCUT2D eigenvalue weighted by Gasteiger charge is 2.19. The molecule has 0 saturated heterocycles. The molecule has 0 aliphatic carbocycles. The number of rotatable bonds is 0. The topological polar surface area (TPSA) is 59.8 Å². The average molecular weight is 152 g/mol. The van der Waals surface area contributed by atoms with E-state index in [0.717, 1.165) is 12.2 Å². The number of aryl methyl sites for hydroxylation is 1. The van der Waals surface area contributed by atoms with Gasteiger partial charge in [0.25, 0.3) is 0 Å². The van der Waals surface area contributed by atoms with Gasteiger partial charge in [0.15, 0.2) is 0 Å². The Morgan fingerprint density at radius 3 is 3.09 bits per heavy atom. The third kappa shape index (κ3) is 0.806. The summed E-state index contributed by atoms with van der Waals surface area (Å²) in [4.78, 5) is 11.1. The Morgan fingerprint density at radius 2 is 2.36 bits per heavy atom. The molecule has 1 aromatic heterocycles. The van der Waals surface area contributed by atoms with Crippen LogP contribution in [-0.4, -0.2) is 27.3 Å². The molecular formula is C6H8N4O. The van der Waals surface area contributed by atoms with Crippen LogP contribution in [0.1, 0.15) is 11.6 Å². The molecule has 0 fully saturated rings. The minimum absolute atomic E-state index is 0.117. The zero-order valence-corrected chi connectivity index (χ0v) is 6.16. The van der Waals surface area contributed by atoms with Gasteiger partial charge >= 0.3 is 6.03 Å². The summed E-state index contributed by atoms with van der Waals surface area (Å²) in [5.41, 5.74) is 0. The Bertz CT molecular complexity index is 304. The fourth-order valence-corrected chi connectivity index (χ4v) is 1.19. The van der Waals surface area contributed by atoms with Gasteiger partial charge in [-0.1, -0.05) is 0 Å². The molecule has 0 saturated carbocycles. The molecule has 0 atom stereocenters. The Labute approximate surface area is 63.4 Å². The third-order valence-corrected chi connectivity index (χ3v) is 1.72. The number of hydrogen-bond donors (Lipinski definition) is 1.